The van der Waals surface area contributed by atoms with E-state index in [0.29, 0.717) is 6.04 Å². The molecular weight excluding hydrogens is 324 g/mol. The molecule has 3 heteroatoms. The third kappa shape index (κ3) is 7.44. The number of rotatable bonds is 11. The minimum atomic E-state index is 0.438. The van der Waals surface area contributed by atoms with Crippen molar-refractivity contribution in [3.63, 3.8) is 0 Å². The normalized spacial score (nSPS) is 12.8. The second-order valence-corrected chi connectivity index (χ2v) is 6.65. The molecule has 2 nitrogen and oxygen atoms in total. The first-order valence-electron chi connectivity index (χ1n) is 8.36. The summed E-state index contributed by atoms with van der Waals surface area (Å²) in [4.78, 5) is 2.63. The van der Waals surface area contributed by atoms with Crippen molar-refractivity contribution in [3.05, 3.63) is 34.3 Å². The monoisotopic (exact) mass is 354 g/mol. The average Bonchev–Trinajstić information content (AvgIpc) is 2.50. The number of unbranched alkanes of at least 4 members (excludes halogenated alkanes) is 2. The molecule has 0 radical (unpaired) electrons. The second kappa shape index (κ2) is 11.2. The second-order valence-electron chi connectivity index (χ2n) is 5.73. The van der Waals surface area contributed by atoms with Crippen molar-refractivity contribution in [2.45, 2.75) is 52.0 Å². The lowest BCUT2D eigenvalue weighted by atomic mass is 10.0. The maximum atomic E-state index is 3.57. The van der Waals surface area contributed by atoms with Crippen LogP contribution in [-0.4, -0.2) is 31.6 Å². The van der Waals surface area contributed by atoms with Gasteiger partial charge < -0.3 is 10.2 Å². The Labute approximate surface area is 139 Å². The van der Waals surface area contributed by atoms with Crippen molar-refractivity contribution in [1.29, 1.82) is 0 Å². The summed E-state index contributed by atoms with van der Waals surface area (Å²) in [6.45, 7) is 8.21. The van der Waals surface area contributed by atoms with Crippen molar-refractivity contribution in [2.24, 2.45) is 0 Å². The first-order chi connectivity index (χ1) is 10.2. The first kappa shape index (κ1) is 18.7. The van der Waals surface area contributed by atoms with Crippen LogP contribution in [0.15, 0.2) is 28.7 Å². The van der Waals surface area contributed by atoms with Crippen LogP contribution in [0.3, 0.4) is 0 Å². The molecule has 21 heavy (non-hydrogen) atoms. The van der Waals surface area contributed by atoms with Crippen LogP contribution in [0.1, 0.15) is 57.6 Å². The first-order valence-corrected chi connectivity index (χ1v) is 9.15. The fourth-order valence-electron chi connectivity index (χ4n) is 2.61. The molecule has 1 rings (SSSR count). The van der Waals surface area contributed by atoms with Gasteiger partial charge in [0.15, 0.2) is 0 Å². The van der Waals surface area contributed by atoms with Crippen LogP contribution in [0, 0.1) is 0 Å². The fraction of sp³-hybridized carbons (Fsp3) is 0.667. The molecule has 120 valence electrons. The summed E-state index contributed by atoms with van der Waals surface area (Å²) >= 11 is 3.57. The van der Waals surface area contributed by atoms with E-state index >= 15 is 0 Å². The molecule has 0 spiro atoms. The number of benzene rings is 1. The lowest BCUT2D eigenvalue weighted by molar-refractivity contribution is 0.251. The van der Waals surface area contributed by atoms with Gasteiger partial charge in [0.1, 0.15) is 0 Å². The van der Waals surface area contributed by atoms with E-state index in [-0.39, 0.29) is 0 Å². The number of hydrogen-bond acceptors (Lipinski definition) is 2. The van der Waals surface area contributed by atoms with Crippen molar-refractivity contribution in [1.82, 2.24) is 10.2 Å². The smallest absolute Gasteiger partial charge is 0.0330 e. The van der Waals surface area contributed by atoms with Crippen molar-refractivity contribution >= 4 is 15.9 Å². The van der Waals surface area contributed by atoms with Gasteiger partial charge in [0.2, 0.25) is 0 Å². The van der Waals surface area contributed by atoms with Crippen LogP contribution in [-0.2, 0) is 0 Å². The van der Waals surface area contributed by atoms with Crippen LogP contribution in [0.25, 0.3) is 0 Å². The van der Waals surface area contributed by atoms with Crippen molar-refractivity contribution in [2.75, 3.05) is 26.7 Å². The predicted octanol–water partition coefficient (Wildman–Crippen LogP) is 5.00. The van der Waals surface area contributed by atoms with Gasteiger partial charge >= 0.3 is 0 Å². The maximum absolute atomic E-state index is 3.57. The molecule has 0 aliphatic rings. The molecular formula is C18H31BrN2. The SMILES string of the molecule is CCCCN(CCCC)CCC(NC)c1cccc(Br)c1. The van der Waals surface area contributed by atoms with E-state index in [2.05, 4.69) is 71.3 Å². The molecule has 0 aliphatic heterocycles. The zero-order valence-corrected chi connectivity index (χ0v) is 15.5. The number of hydrogen-bond donors (Lipinski definition) is 1. The van der Waals surface area contributed by atoms with Gasteiger partial charge in [0.25, 0.3) is 0 Å². The Balaban J connectivity index is 2.53. The molecule has 1 unspecified atom stereocenters. The summed E-state index contributed by atoms with van der Waals surface area (Å²) in [5.74, 6) is 0. The Bertz CT molecular complexity index is 373. The summed E-state index contributed by atoms with van der Waals surface area (Å²) in [5.41, 5.74) is 1.37. The minimum Gasteiger partial charge on any atom is -0.313 e. The standard InChI is InChI=1S/C18H31BrN2/c1-4-6-12-21(13-7-5-2)14-11-18(20-3)16-9-8-10-17(19)15-16/h8-10,15,18,20H,4-7,11-14H2,1-3H3. The summed E-state index contributed by atoms with van der Waals surface area (Å²) < 4.78 is 1.16. The van der Waals surface area contributed by atoms with Crippen molar-refractivity contribution in [3.8, 4) is 0 Å². The lowest BCUT2D eigenvalue weighted by Crippen LogP contribution is -2.30. The van der Waals surface area contributed by atoms with Gasteiger partial charge in [0.05, 0.1) is 0 Å². The minimum absolute atomic E-state index is 0.438. The number of nitrogens with zero attached hydrogens (tertiary/aromatic N) is 1. The Morgan fingerprint density at radius 1 is 1.10 bits per heavy atom. The van der Waals surface area contributed by atoms with Crippen molar-refractivity contribution < 1.29 is 0 Å². The van der Waals surface area contributed by atoms with E-state index in [1.54, 1.807) is 0 Å². The van der Waals surface area contributed by atoms with E-state index < -0.39 is 0 Å². The van der Waals surface area contributed by atoms with Gasteiger partial charge in [-0.2, -0.15) is 0 Å². The molecule has 0 saturated heterocycles. The summed E-state index contributed by atoms with van der Waals surface area (Å²) in [5, 5.41) is 3.47. The molecule has 0 bridgehead atoms. The molecule has 1 aromatic carbocycles. The molecule has 0 aromatic heterocycles. The van der Waals surface area contributed by atoms with E-state index in [9.17, 15) is 0 Å². The highest BCUT2D eigenvalue weighted by Gasteiger charge is 2.12. The third-order valence-electron chi connectivity index (χ3n) is 3.99. The lowest BCUT2D eigenvalue weighted by Gasteiger charge is -2.25. The molecule has 0 saturated carbocycles. The van der Waals surface area contributed by atoms with E-state index in [1.165, 1.54) is 57.3 Å². The number of nitrogens with one attached hydrogen (secondary N) is 1. The van der Waals surface area contributed by atoms with E-state index in [0.717, 1.165) is 4.47 Å². The third-order valence-corrected chi connectivity index (χ3v) is 4.48. The van der Waals surface area contributed by atoms with Crippen LogP contribution < -0.4 is 5.32 Å². The zero-order chi connectivity index (χ0) is 15.5. The summed E-state index contributed by atoms with van der Waals surface area (Å²) in [6, 6.07) is 9.09. The van der Waals surface area contributed by atoms with Crippen LogP contribution in [0.4, 0.5) is 0 Å². The van der Waals surface area contributed by atoms with Gasteiger partial charge in [-0.3, -0.25) is 0 Å². The molecule has 0 heterocycles. The summed E-state index contributed by atoms with van der Waals surface area (Å²) in [6.07, 6.45) is 6.35. The van der Waals surface area contributed by atoms with Gasteiger partial charge in [-0.1, -0.05) is 54.8 Å². The molecule has 1 N–H and O–H groups in total. The molecule has 1 aromatic rings. The quantitative estimate of drug-likeness (QED) is 0.601. The van der Waals surface area contributed by atoms with Crippen LogP contribution >= 0.6 is 15.9 Å². The van der Waals surface area contributed by atoms with E-state index in [4.69, 9.17) is 0 Å². The topological polar surface area (TPSA) is 15.3 Å². The Morgan fingerprint density at radius 3 is 2.29 bits per heavy atom. The van der Waals surface area contributed by atoms with Gasteiger partial charge in [-0.25, -0.2) is 0 Å². The fourth-order valence-corrected chi connectivity index (χ4v) is 3.03. The molecule has 0 aliphatic carbocycles. The van der Waals surface area contributed by atoms with Crippen LogP contribution in [0.5, 0.6) is 0 Å². The predicted molar refractivity (Wildman–Crippen MR) is 96.8 cm³/mol. The van der Waals surface area contributed by atoms with E-state index in [1.807, 2.05) is 0 Å². The Morgan fingerprint density at radius 2 is 1.76 bits per heavy atom. The highest BCUT2D eigenvalue weighted by Crippen LogP contribution is 2.21. The van der Waals surface area contributed by atoms with Gasteiger partial charge in [-0.05, 0) is 63.6 Å². The highest BCUT2D eigenvalue weighted by atomic mass is 79.9. The average molecular weight is 355 g/mol. The molecule has 1 atom stereocenters. The molecule has 0 amide bonds. The number of halogens is 1. The largest absolute Gasteiger partial charge is 0.313 e. The molecule has 0 fully saturated rings. The van der Waals surface area contributed by atoms with Crippen LogP contribution in [0.2, 0.25) is 0 Å². The van der Waals surface area contributed by atoms with Gasteiger partial charge in [-0.15, -0.1) is 0 Å². The van der Waals surface area contributed by atoms with Gasteiger partial charge in [0, 0.05) is 10.5 Å². The zero-order valence-electron chi connectivity index (χ0n) is 13.9. The Kier molecular flexibility index (Phi) is 9.98. The summed E-state index contributed by atoms with van der Waals surface area (Å²) in [7, 11) is 2.06. The Hall–Kier alpha value is -0.380. The maximum Gasteiger partial charge on any atom is 0.0330 e. The highest BCUT2D eigenvalue weighted by molar-refractivity contribution is 9.10.